The lowest BCUT2D eigenvalue weighted by Gasteiger charge is -2.15. The third kappa shape index (κ3) is 15.0. The van der Waals surface area contributed by atoms with Gasteiger partial charge in [0.2, 0.25) is 0 Å². The number of ketones is 2. The highest BCUT2D eigenvalue weighted by molar-refractivity contribution is 7.59. The molecule has 17 heavy (non-hydrogen) atoms. The topological polar surface area (TPSA) is 85.3 Å². The van der Waals surface area contributed by atoms with Gasteiger partial charge in [0.05, 0.1) is 0 Å². The van der Waals surface area contributed by atoms with Crippen molar-refractivity contribution in [2.75, 3.05) is 0 Å². The lowest BCUT2D eigenvalue weighted by molar-refractivity contribution is -0.129. The van der Waals surface area contributed by atoms with Gasteiger partial charge in [0.25, 0.3) is 0 Å². The minimum absolute atomic E-state index is 0.178. The molecule has 0 saturated carbocycles. The summed E-state index contributed by atoms with van der Waals surface area (Å²) in [5, 5.41) is 0. The van der Waals surface area contributed by atoms with E-state index in [4.69, 9.17) is 12.6 Å². The van der Waals surface area contributed by atoms with E-state index in [1.54, 1.807) is 0 Å². The van der Waals surface area contributed by atoms with Crippen LogP contribution in [0.3, 0.4) is 0 Å². The normalized spacial score (nSPS) is 10.1. The van der Waals surface area contributed by atoms with Gasteiger partial charge in [-0.05, 0) is 6.42 Å². The summed E-state index contributed by atoms with van der Waals surface area (Å²) in [5.74, 6) is 0.386. The third-order valence-electron chi connectivity index (χ3n) is 2.00. The van der Waals surface area contributed by atoms with Crippen molar-refractivity contribution in [2.24, 2.45) is 5.41 Å². The second kappa shape index (κ2) is 9.04. The Labute approximate surface area is 104 Å². The number of hydrogen-bond acceptors (Lipinski definition) is 5. The van der Waals surface area contributed by atoms with Crippen LogP contribution in [0.2, 0.25) is 0 Å². The Kier molecular flexibility index (Phi) is 9.74. The van der Waals surface area contributed by atoms with Crippen molar-refractivity contribution in [2.45, 2.75) is 53.4 Å². The first-order valence-corrected chi connectivity index (χ1v) is 6.43. The molecule has 0 aliphatic carbocycles. The molecule has 0 bridgehead atoms. The summed E-state index contributed by atoms with van der Waals surface area (Å²) < 4.78 is 25.3. The van der Waals surface area contributed by atoms with Gasteiger partial charge in [-0.15, -0.1) is 12.6 Å². The highest BCUT2D eigenvalue weighted by Crippen LogP contribution is 2.17. The molecule has 0 aromatic heterocycles. The van der Waals surface area contributed by atoms with Crippen molar-refractivity contribution in [3.05, 3.63) is 0 Å². The molecule has 5 nitrogen and oxygen atoms in total. The smallest absolute Gasteiger partial charge is 0.300 e. The summed E-state index contributed by atoms with van der Waals surface area (Å²) in [4.78, 5) is 22.5. The van der Waals surface area contributed by atoms with Crippen molar-refractivity contribution in [3.63, 3.8) is 0 Å². The van der Waals surface area contributed by atoms with E-state index in [1.165, 1.54) is 0 Å². The van der Waals surface area contributed by atoms with Gasteiger partial charge < -0.3 is 0 Å². The van der Waals surface area contributed by atoms with Crippen LogP contribution in [0.25, 0.3) is 0 Å². The molecular formula is C11H20O5S. The molecule has 0 spiro atoms. The molecule has 0 atom stereocenters. The number of carbonyl (C=O) groups excluding carboxylic acids is 2. The van der Waals surface area contributed by atoms with Gasteiger partial charge in [0, 0.05) is 24.7 Å². The van der Waals surface area contributed by atoms with E-state index < -0.39 is 10.6 Å². The monoisotopic (exact) mass is 264 g/mol. The van der Waals surface area contributed by atoms with Gasteiger partial charge in [-0.2, -0.15) is 0 Å². The molecular weight excluding hydrogens is 244 g/mol. The second-order valence-corrected chi connectivity index (χ2v) is 5.07. The predicted octanol–water partition coefficient (Wildman–Crippen LogP) is 1.75. The first-order valence-electron chi connectivity index (χ1n) is 5.43. The van der Waals surface area contributed by atoms with Gasteiger partial charge >= 0.3 is 10.6 Å². The number of carbonyl (C=O) groups is 2. The first kappa shape index (κ1) is 18.3. The second-order valence-electron chi connectivity index (χ2n) is 4.67. The first-order chi connectivity index (χ1) is 7.61. The largest absolute Gasteiger partial charge is 0.425 e. The van der Waals surface area contributed by atoms with Crippen LogP contribution in [0.5, 0.6) is 0 Å². The number of Topliss-reactive ketones (excluding diaryl/α,β-unsaturated/α-hetero) is 2. The van der Waals surface area contributed by atoms with Crippen molar-refractivity contribution >= 4 is 22.2 Å². The molecule has 0 amide bonds. The zero-order valence-corrected chi connectivity index (χ0v) is 11.6. The van der Waals surface area contributed by atoms with Gasteiger partial charge in [0.15, 0.2) is 0 Å². The van der Waals surface area contributed by atoms with Crippen LogP contribution in [0.4, 0.5) is 0 Å². The molecule has 0 aromatic carbocycles. The van der Waals surface area contributed by atoms with Crippen molar-refractivity contribution in [1.82, 2.24) is 0 Å². The SMILES string of the molecule is CCCC(=O)CCC(=O)C(C)(C)C.O=S(=O)=O. The van der Waals surface area contributed by atoms with E-state index in [-0.39, 0.29) is 17.0 Å². The molecule has 100 valence electrons. The van der Waals surface area contributed by atoms with Crippen LogP contribution in [0, 0.1) is 5.41 Å². The summed E-state index contributed by atoms with van der Waals surface area (Å²) in [5.41, 5.74) is -0.299. The maximum Gasteiger partial charge on any atom is 0.425 e. The molecule has 0 aliphatic rings. The van der Waals surface area contributed by atoms with Crippen LogP contribution >= 0.6 is 0 Å². The summed E-state index contributed by atoms with van der Waals surface area (Å²) in [6.45, 7) is 7.64. The molecule has 0 unspecified atom stereocenters. The fourth-order valence-electron chi connectivity index (χ4n) is 1.03. The summed E-state index contributed by atoms with van der Waals surface area (Å²) in [6, 6.07) is 0. The standard InChI is InChI=1S/C11H20O2.O3S/c1-5-6-9(12)7-8-10(13)11(2,3)4;1-4(2)3/h5-8H2,1-4H3;. The molecule has 0 N–H and O–H groups in total. The van der Waals surface area contributed by atoms with E-state index in [9.17, 15) is 9.59 Å². The van der Waals surface area contributed by atoms with E-state index in [2.05, 4.69) is 0 Å². The van der Waals surface area contributed by atoms with Crippen LogP contribution in [-0.2, 0) is 20.2 Å². The molecule has 0 fully saturated rings. The minimum Gasteiger partial charge on any atom is -0.300 e. The fraction of sp³-hybridized carbons (Fsp3) is 0.818. The quantitative estimate of drug-likeness (QED) is 0.755. The summed E-state index contributed by atoms with van der Waals surface area (Å²) in [7, 11) is -3.11. The van der Waals surface area contributed by atoms with Gasteiger partial charge in [0.1, 0.15) is 11.6 Å². The van der Waals surface area contributed by atoms with Crippen molar-refractivity contribution in [1.29, 1.82) is 0 Å². The van der Waals surface area contributed by atoms with Crippen molar-refractivity contribution in [3.8, 4) is 0 Å². The maximum absolute atomic E-state index is 11.4. The van der Waals surface area contributed by atoms with E-state index in [1.807, 2.05) is 27.7 Å². The number of hydrogen-bond donors (Lipinski definition) is 0. The van der Waals surface area contributed by atoms with Gasteiger partial charge in [-0.25, -0.2) is 0 Å². The predicted molar refractivity (Wildman–Crippen MR) is 63.3 cm³/mol. The van der Waals surface area contributed by atoms with Crippen molar-refractivity contribution < 1.29 is 22.2 Å². The lowest BCUT2D eigenvalue weighted by atomic mass is 9.87. The highest BCUT2D eigenvalue weighted by Gasteiger charge is 2.21. The zero-order valence-electron chi connectivity index (χ0n) is 10.8. The Morgan fingerprint density at radius 3 is 1.65 bits per heavy atom. The molecule has 0 rings (SSSR count). The maximum atomic E-state index is 11.4. The Balaban J connectivity index is 0. The Morgan fingerprint density at radius 2 is 1.35 bits per heavy atom. The molecule has 0 saturated heterocycles. The average molecular weight is 264 g/mol. The molecule has 6 heteroatoms. The average Bonchev–Trinajstić information content (AvgIpc) is 2.12. The Morgan fingerprint density at radius 1 is 0.941 bits per heavy atom. The van der Waals surface area contributed by atoms with Crippen LogP contribution in [0.1, 0.15) is 53.4 Å². The molecule has 0 heterocycles. The fourth-order valence-corrected chi connectivity index (χ4v) is 1.03. The minimum atomic E-state index is -3.11. The van der Waals surface area contributed by atoms with E-state index in [0.717, 1.165) is 6.42 Å². The Bertz CT molecular complexity index is 340. The van der Waals surface area contributed by atoms with E-state index >= 15 is 0 Å². The number of rotatable bonds is 5. The van der Waals surface area contributed by atoms with Crippen LogP contribution < -0.4 is 0 Å². The van der Waals surface area contributed by atoms with E-state index in [0.29, 0.717) is 19.3 Å². The zero-order chi connectivity index (χ0) is 14.1. The van der Waals surface area contributed by atoms with Gasteiger partial charge in [-0.3, -0.25) is 9.59 Å². The molecule has 0 aliphatic heterocycles. The lowest BCUT2D eigenvalue weighted by Crippen LogP contribution is -2.20. The van der Waals surface area contributed by atoms with Gasteiger partial charge in [-0.1, -0.05) is 27.7 Å². The third-order valence-corrected chi connectivity index (χ3v) is 2.00. The van der Waals surface area contributed by atoms with Crippen LogP contribution in [-0.4, -0.2) is 24.2 Å². The summed E-state index contributed by atoms with van der Waals surface area (Å²) in [6.07, 6.45) is 2.31. The molecule has 0 aromatic rings. The summed E-state index contributed by atoms with van der Waals surface area (Å²) >= 11 is 0. The highest BCUT2D eigenvalue weighted by atomic mass is 32.2. The van der Waals surface area contributed by atoms with Crippen LogP contribution in [0.15, 0.2) is 0 Å². The molecule has 0 radical (unpaired) electrons. The Hall–Kier alpha value is -1.04.